The van der Waals surface area contributed by atoms with E-state index in [1.165, 1.54) is 22.3 Å². The summed E-state index contributed by atoms with van der Waals surface area (Å²) in [4.78, 5) is 15.6. The number of allylic oxidation sites excluding steroid dienone is 1. The van der Waals surface area contributed by atoms with Gasteiger partial charge in [0.05, 0.1) is 6.04 Å². The molecule has 0 radical (unpaired) electrons. The molecule has 1 aliphatic carbocycles. The van der Waals surface area contributed by atoms with Crippen molar-refractivity contribution in [3.8, 4) is 0 Å². The van der Waals surface area contributed by atoms with Crippen LogP contribution in [-0.4, -0.2) is 17.4 Å². The number of likely N-dealkylation sites (tertiary alicyclic amines) is 1. The van der Waals surface area contributed by atoms with E-state index < -0.39 is 0 Å². The summed E-state index contributed by atoms with van der Waals surface area (Å²) in [5.41, 5.74) is 5.19. The molecule has 27 heavy (non-hydrogen) atoms. The van der Waals surface area contributed by atoms with Crippen LogP contribution < -0.4 is 0 Å². The molecule has 1 aliphatic heterocycles. The Labute approximate surface area is 162 Å². The molecule has 1 fully saturated rings. The van der Waals surface area contributed by atoms with Gasteiger partial charge in [-0.25, -0.2) is 0 Å². The molecule has 0 saturated carbocycles. The summed E-state index contributed by atoms with van der Waals surface area (Å²) in [6.07, 6.45) is 6.52. The largest absolute Gasteiger partial charge is 0.334 e. The number of carbonyl (C=O) groups is 1. The molecule has 1 amide bonds. The van der Waals surface area contributed by atoms with Gasteiger partial charge >= 0.3 is 0 Å². The molecule has 4 rings (SSSR count). The molecule has 4 atom stereocenters. The molecule has 0 N–H and O–H groups in total. The van der Waals surface area contributed by atoms with E-state index in [2.05, 4.69) is 80.3 Å². The van der Waals surface area contributed by atoms with Crippen molar-refractivity contribution >= 4 is 5.91 Å². The Bertz CT molecular complexity index is 854. The van der Waals surface area contributed by atoms with E-state index in [-0.39, 0.29) is 12.0 Å². The quantitative estimate of drug-likeness (QED) is 0.682. The highest BCUT2D eigenvalue weighted by Gasteiger charge is 2.49. The van der Waals surface area contributed by atoms with Crippen LogP contribution in [0.25, 0.3) is 0 Å². The second kappa shape index (κ2) is 7.34. The van der Waals surface area contributed by atoms with Gasteiger partial charge in [0.15, 0.2) is 0 Å². The summed E-state index contributed by atoms with van der Waals surface area (Å²) in [5, 5.41) is 0. The third-order valence-electron chi connectivity index (χ3n) is 6.52. The van der Waals surface area contributed by atoms with Gasteiger partial charge in [0.25, 0.3) is 0 Å². The van der Waals surface area contributed by atoms with Crippen LogP contribution in [-0.2, 0) is 11.2 Å². The van der Waals surface area contributed by atoms with Crippen molar-refractivity contribution in [2.75, 3.05) is 6.54 Å². The molecule has 0 aromatic heterocycles. The van der Waals surface area contributed by atoms with Gasteiger partial charge in [-0.1, -0.05) is 67.6 Å². The van der Waals surface area contributed by atoms with Crippen LogP contribution in [0.1, 0.15) is 41.6 Å². The first-order valence-electron chi connectivity index (χ1n) is 10.1. The predicted molar refractivity (Wildman–Crippen MR) is 110 cm³/mol. The highest BCUT2D eigenvalue weighted by atomic mass is 16.2. The first kappa shape index (κ1) is 18.0. The molecular weight excluding hydrogens is 330 g/mol. The van der Waals surface area contributed by atoms with Crippen LogP contribution >= 0.6 is 0 Å². The van der Waals surface area contributed by atoms with E-state index in [0.717, 1.165) is 19.4 Å². The Morgan fingerprint density at radius 2 is 1.81 bits per heavy atom. The first-order chi connectivity index (χ1) is 13.1. The van der Waals surface area contributed by atoms with E-state index in [1.807, 2.05) is 6.07 Å². The van der Waals surface area contributed by atoms with Crippen molar-refractivity contribution in [2.24, 2.45) is 17.8 Å². The Kier molecular flexibility index (Phi) is 4.90. The number of rotatable bonds is 4. The van der Waals surface area contributed by atoms with Crippen LogP contribution in [0.15, 0.2) is 60.7 Å². The summed E-state index contributed by atoms with van der Waals surface area (Å²) in [5.74, 6) is 1.18. The number of hydrogen-bond acceptors (Lipinski definition) is 1. The zero-order chi connectivity index (χ0) is 19.0. The van der Waals surface area contributed by atoms with Crippen LogP contribution in [0.2, 0.25) is 0 Å². The smallest absolute Gasteiger partial charge is 0.227 e. The molecule has 1 saturated heterocycles. The van der Waals surface area contributed by atoms with Crippen molar-refractivity contribution < 1.29 is 4.79 Å². The minimum atomic E-state index is 0.123. The van der Waals surface area contributed by atoms with Crippen molar-refractivity contribution in [1.82, 2.24) is 4.90 Å². The van der Waals surface area contributed by atoms with Gasteiger partial charge in [0.1, 0.15) is 0 Å². The molecule has 2 heteroatoms. The van der Waals surface area contributed by atoms with Crippen LogP contribution in [0.5, 0.6) is 0 Å². The van der Waals surface area contributed by atoms with Crippen LogP contribution in [0.3, 0.4) is 0 Å². The van der Waals surface area contributed by atoms with Gasteiger partial charge in [0.2, 0.25) is 5.91 Å². The zero-order valence-electron chi connectivity index (χ0n) is 16.6. The fraction of sp³-hybridized carbons (Fsp3) is 0.400. The Hall–Kier alpha value is -2.35. The van der Waals surface area contributed by atoms with Gasteiger partial charge in [-0.3, -0.25) is 4.79 Å². The van der Waals surface area contributed by atoms with Crippen molar-refractivity contribution in [2.45, 2.75) is 39.7 Å². The highest BCUT2D eigenvalue weighted by Crippen LogP contribution is 2.48. The summed E-state index contributed by atoms with van der Waals surface area (Å²) in [7, 11) is 0. The normalized spacial score (nSPS) is 27.1. The SMILES string of the molecule is Cc1ccc([C@H]2[C@H]3C=CC[C@@H](C)[C@@H]3C(=O)N2CCc2ccccc2)cc1C. The second-order valence-corrected chi connectivity index (χ2v) is 8.30. The summed E-state index contributed by atoms with van der Waals surface area (Å²) >= 11 is 0. The number of fused-ring (bicyclic) bond motifs is 1. The average molecular weight is 360 g/mol. The summed E-state index contributed by atoms with van der Waals surface area (Å²) in [6.45, 7) is 7.34. The van der Waals surface area contributed by atoms with E-state index in [0.29, 0.717) is 17.7 Å². The molecular formula is C25H29NO. The minimum Gasteiger partial charge on any atom is -0.334 e. The molecule has 2 aromatic carbocycles. The van der Waals surface area contributed by atoms with Gasteiger partial charge in [-0.2, -0.15) is 0 Å². The summed E-state index contributed by atoms with van der Waals surface area (Å²) < 4.78 is 0. The number of aryl methyl sites for hydroxylation is 2. The fourth-order valence-corrected chi connectivity index (χ4v) is 4.84. The number of benzene rings is 2. The predicted octanol–water partition coefficient (Wildman–Crippen LogP) is 5.26. The zero-order valence-corrected chi connectivity index (χ0v) is 16.6. The standard InChI is InChI=1S/C25H29NO/c1-17-12-13-21(16-19(17)3)24-22-11-7-8-18(2)23(22)25(27)26(24)15-14-20-9-5-4-6-10-20/h4-7,9-13,16,18,22-24H,8,14-15H2,1-3H3/t18-,22+,23+,24+/m1/s1. The molecule has 2 nitrogen and oxygen atoms in total. The number of carbonyl (C=O) groups excluding carboxylic acids is 1. The van der Waals surface area contributed by atoms with E-state index in [4.69, 9.17) is 0 Å². The molecule has 0 bridgehead atoms. The van der Waals surface area contributed by atoms with Gasteiger partial charge in [0, 0.05) is 18.4 Å². The van der Waals surface area contributed by atoms with E-state index >= 15 is 0 Å². The minimum absolute atomic E-state index is 0.123. The summed E-state index contributed by atoms with van der Waals surface area (Å²) in [6, 6.07) is 17.4. The van der Waals surface area contributed by atoms with E-state index in [9.17, 15) is 4.79 Å². The average Bonchev–Trinajstić information content (AvgIpc) is 2.96. The van der Waals surface area contributed by atoms with Crippen molar-refractivity contribution in [3.63, 3.8) is 0 Å². The Balaban J connectivity index is 1.68. The van der Waals surface area contributed by atoms with Crippen molar-refractivity contribution in [1.29, 1.82) is 0 Å². The lowest BCUT2D eigenvalue weighted by Crippen LogP contribution is -2.32. The molecule has 0 unspecified atom stereocenters. The number of nitrogens with zero attached hydrogens (tertiary/aromatic N) is 1. The van der Waals surface area contributed by atoms with E-state index in [1.54, 1.807) is 0 Å². The van der Waals surface area contributed by atoms with Crippen LogP contribution in [0.4, 0.5) is 0 Å². The molecule has 2 aliphatic rings. The highest BCUT2D eigenvalue weighted by molar-refractivity contribution is 5.83. The maximum atomic E-state index is 13.4. The molecule has 0 spiro atoms. The monoisotopic (exact) mass is 359 g/mol. The number of hydrogen-bond donors (Lipinski definition) is 0. The van der Waals surface area contributed by atoms with Crippen molar-refractivity contribution in [3.05, 3.63) is 82.9 Å². The van der Waals surface area contributed by atoms with Gasteiger partial charge in [-0.15, -0.1) is 0 Å². The Morgan fingerprint density at radius 3 is 2.56 bits per heavy atom. The first-order valence-corrected chi connectivity index (χ1v) is 10.1. The topological polar surface area (TPSA) is 20.3 Å². The molecule has 2 aromatic rings. The maximum Gasteiger partial charge on any atom is 0.227 e. The second-order valence-electron chi connectivity index (χ2n) is 8.30. The third kappa shape index (κ3) is 3.34. The van der Waals surface area contributed by atoms with Crippen LogP contribution in [0, 0.1) is 31.6 Å². The molecule has 1 heterocycles. The molecule has 140 valence electrons. The van der Waals surface area contributed by atoms with Gasteiger partial charge < -0.3 is 4.90 Å². The maximum absolute atomic E-state index is 13.4. The lowest BCUT2D eigenvalue weighted by atomic mass is 9.75. The lowest BCUT2D eigenvalue weighted by molar-refractivity contribution is -0.133. The number of amides is 1. The Morgan fingerprint density at radius 1 is 1.04 bits per heavy atom. The lowest BCUT2D eigenvalue weighted by Gasteiger charge is -2.30. The van der Waals surface area contributed by atoms with Gasteiger partial charge in [-0.05, 0) is 54.9 Å². The fourth-order valence-electron chi connectivity index (χ4n) is 4.84. The third-order valence-corrected chi connectivity index (χ3v) is 6.52.